The van der Waals surface area contributed by atoms with Crippen molar-refractivity contribution in [3.63, 3.8) is 0 Å². The van der Waals surface area contributed by atoms with Crippen molar-refractivity contribution in [3.8, 4) is 28.4 Å². The zero-order valence-electron chi connectivity index (χ0n) is 22.9. The molecule has 4 unspecified atom stereocenters. The van der Waals surface area contributed by atoms with Gasteiger partial charge in [-0.05, 0) is 84.3 Å². The quantitative estimate of drug-likeness (QED) is 0.224. The average molecular weight is 584 g/mol. The van der Waals surface area contributed by atoms with Crippen molar-refractivity contribution < 1.29 is 29.6 Å². The number of rotatable bonds is 4. The highest BCUT2D eigenvalue weighted by molar-refractivity contribution is 8.76. The minimum Gasteiger partial charge on any atom is -0.508 e. The summed E-state index contributed by atoms with van der Waals surface area (Å²) in [7, 11) is 6.75. The summed E-state index contributed by atoms with van der Waals surface area (Å²) >= 11 is 0. The molecule has 2 heterocycles. The highest BCUT2D eigenvalue weighted by atomic mass is 33.1. The molecule has 4 atom stereocenters. The number of aromatic hydroxyl groups is 2. The molecule has 0 spiro atoms. The Morgan fingerprint density at radius 1 is 1.07 bits per heavy atom. The maximum atomic E-state index is 13.3. The number of aliphatic hydroxyl groups excluding tert-OH is 1. The van der Waals surface area contributed by atoms with Crippen LogP contribution < -0.4 is 10.1 Å². The van der Waals surface area contributed by atoms with E-state index < -0.39 is 6.10 Å². The van der Waals surface area contributed by atoms with E-state index in [1.807, 2.05) is 31.3 Å². The minimum absolute atomic E-state index is 0.0342. The molecule has 7 nitrogen and oxygen atoms in total. The highest BCUT2D eigenvalue weighted by Crippen LogP contribution is 2.47. The van der Waals surface area contributed by atoms with Crippen molar-refractivity contribution in [1.29, 1.82) is 0 Å². The average Bonchev–Trinajstić information content (AvgIpc) is 2.94. The number of methoxy groups -OCH3 is 1. The van der Waals surface area contributed by atoms with Gasteiger partial charge in [-0.2, -0.15) is 0 Å². The second-order valence-electron chi connectivity index (χ2n) is 10.6. The summed E-state index contributed by atoms with van der Waals surface area (Å²) in [5.41, 5.74) is 3.59. The lowest BCUT2D eigenvalue weighted by Gasteiger charge is -2.36. The number of nitrogens with one attached hydrogen (secondary N) is 1. The number of ether oxygens (including phenoxy) is 2. The number of fused-ring (bicyclic) bond motifs is 9. The van der Waals surface area contributed by atoms with Gasteiger partial charge >= 0.3 is 0 Å². The number of Topliss-reactive ketones (excluding diaryl/α,β-unsaturated/α-hetero) is 1. The molecule has 3 aromatic carbocycles. The lowest BCUT2D eigenvalue weighted by molar-refractivity contribution is -0.124. The number of carbonyl (C=O) groups is 1. The van der Waals surface area contributed by atoms with E-state index in [9.17, 15) is 20.1 Å². The largest absolute Gasteiger partial charge is 0.508 e. The Morgan fingerprint density at radius 2 is 1.90 bits per heavy atom. The van der Waals surface area contributed by atoms with Gasteiger partial charge in [-0.1, -0.05) is 45.9 Å². The Bertz CT molecular complexity index is 1370. The molecule has 0 amide bonds. The van der Waals surface area contributed by atoms with E-state index >= 15 is 0 Å². The molecule has 0 saturated heterocycles. The summed E-state index contributed by atoms with van der Waals surface area (Å²) in [6.07, 6.45) is 2.77. The number of phenols is 2. The summed E-state index contributed by atoms with van der Waals surface area (Å²) in [6.45, 7) is 0.359. The van der Waals surface area contributed by atoms with E-state index in [4.69, 9.17) is 9.47 Å². The third-order valence-corrected chi connectivity index (χ3v) is 10.9. The van der Waals surface area contributed by atoms with E-state index in [2.05, 4.69) is 5.32 Å². The molecule has 2 aliphatic heterocycles. The Morgan fingerprint density at radius 3 is 2.67 bits per heavy atom. The molecule has 3 aromatic rings. The van der Waals surface area contributed by atoms with Crippen LogP contribution in [-0.2, 0) is 21.7 Å². The van der Waals surface area contributed by atoms with Crippen molar-refractivity contribution in [2.24, 2.45) is 5.92 Å². The lowest BCUT2D eigenvalue weighted by Crippen LogP contribution is -2.39. The zero-order chi connectivity index (χ0) is 28.2. The van der Waals surface area contributed by atoms with Gasteiger partial charge in [0.1, 0.15) is 11.5 Å². The van der Waals surface area contributed by atoms with Crippen LogP contribution in [0.3, 0.4) is 0 Å². The van der Waals surface area contributed by atoms with Crippen LogP contribution >= 0.6 is 21.6 Å². The monoisotopic (exact) mass is 583 g/mol. The standard InChI is InChI=1S/C31H37NO6S2/c1-32-17-38-28-15-22(34)9-4-19-6-11-26(35)31(37-2)30(19)23-10-5-18-3-8-21(33)14-24(18)25(23)16-39-40-29-12-7-20(28)13-27(29)36/h3,5-6,8,10-11,14,20,27-29,32-33,35-36H,4,7,9,12-13,15-17H2,1-2H3. The summed E-state index contributed by atoms with van der Waals surface area (Å²) in [4.78, 5) is 13.3. The molecule has 6 rings (SSSR count). The molecule has 0 aromatic heterocycles. The summed E-state index contributed by atoms with van der Waals surface area (Å²) < 4.78 is 11.8. The van der Waals surface area contributed by atoms with Crippen LogP contribution in [0.4, 0.5) is 0 Å². The van der Waals surface area contributed by atoms with Crippen molar-refractivity contribution in [3.05, 3.63) is 53.6 Å². The second kappa shape index (κ2) is 13.0. The number of carbonyl (C=O) groups excluding carboxylic acids is 1. The second-order valence-corrected chi connectivity index (χ2v) is 13.2. The first-order chi connectivity index (χ1) is 19.4. The first-order valence-corrected chi connectivity index (χ1v) is 16.2. The number of phenolic OH excluding ortho intramolecular Hbond substituents is 2. The minimum atomic E-state index is -0.478. The van der Waals surface area contributed by atoms with Crippen LogP contribution in [0, 0.1) is 5.92 Å². The molecule has 1 fully saturated rings. The van der Waals surface area contributed by atoms with Gasteiger partial charge in [0.15, 0.2) is 11.5 Å². The summed E-state index contributed by atoms with van der Waals surface area (Å²) in [6, 6.07) is 12.9. The maximum absolute atomic E-state index is 13.3. The van der Waals surface area contributed by atoms with Crippen LogP contribution in [-0.4, -0.2) is 59.4 Å². The van der Waals surface area contributed by atoms with Crippen molar-refractivity contribution in [2.45, 2.75) is 61.7 Å². The first-order valence-electron chi connectivity index (χ1n) is 13.8. The van der Waals surface area contributed by atoms with Gasteiger partial charge in [0, 0.05) is 29.4 Å². The first kappa shape index (κ1) is 29.1. The normalized spacial score (nSPS) is 24.0. The van der Waals surface area contributed by atoms with E-state index in [0.717, 1.165) is 45.9 Å². The predicted octanol–water partition coefficient (Wildman–Crippen LogP) is 5.81. The molecule has 1 aliphatic carbocycles. The number of benzene rings is 3. The third-order valence-electron chi connectivity index (χ3n) is 8.07. The number of hydrogen-bond donors (Lipinski definition) is 4. The third kappa shape index (κ3) is 6.24. The molecule has 1 saturated carbocycles. The van der Waals surface area contributed by atoms with E-state index in [0.29, 0.717) is 43.9 Å². The number of aryl methyl sites for hydroxylation is 1. The highest BCUT2D eigenvalue weighted by Gasteiger charge is 2.35. The van der Waals surface area contributed by atoms with Crippen molar-refractivity contribution >= 4 is 38.1 Å². The van der Waals surface area contributed by atoms with E-state index in [-0.39, 0.29) is 34.6 Å². The predicted molar refractivity (Wildman–Crippen MR) is 162 cm³/mol. The van der Waals surface area contributed by atoms with Gasteiger partial charge in [-0.3, -0.25) is 10.1 Å². The molecular formula is C31H37NO6S2. The van der Waals surface area contributed by atoms with Gasteiger partial charge in [0.05, 0.1) is 26.0 Å². The fourth-order valence-electron chi connectivity index (χ4n) is 6.02. The number of hydrogen-bond acceptors (Lipinski definition) is 9. The van der Waals surface area contributed by atoms with Gasteiger partial charge in [-0.25, -0.2) is 0 Å². The Kier molecular flexibility index (Phi) is 9.48. The Labute approximate surface area is 243 Å². The molecule has 4 N–H and O–H groups in total. The van der Waals surface area contributed by atoms with Crippen LogP contribution in [0.15, 0.2) is 42.5 Å². The van der Waals surface area contributed by atoms with Crippen LogP contribution in [0.5, 0.6) is 17.2 Å². The molecule has 40 heavy (non-hydrogen) atoms. The van der Waals surface area contributed by atoms with E-state index in [1.54, 1.807) is 46.9 Å². The van der Waals surface area contributed by atoms with Crippen LogP contribution in [0.25, 0.3) is 21.9 Å². The lowest BCUT2D eigenvalue weighted by atomic mass is 9.81. The Hall–Kier alpha value is -2.43. The zero-order valence-corrected chi connectivity index (χ0v) is 24.5. The molecule has 0 radical (unpaired) electrons. The van der Waals surface area contributed by atoms with Crippen molar-refractivity contribution in [1.82, 2.24) is 5.32 Å². The van der Waals surface area contributed by atoms with Crippen molar-refractivity contribution in [2.75, 3.05) is 20.9 Å². The molecule has 2 bridgehead atoms. The van der Waals surface area contributed by atoms with Gasteiger partial charge in [-0.15, -0.1) is 0 Å². The molecule has 9 heteroatoms. The molecular weight excluding hydrogens is 546 g/mol. The molecule has 214 valence electrons. The van der Waals surface area contributed by atoms with E-state index in [1.165, 1.54) is 0 Å². The number of aliphatic hydroxyl groups is 1. The summed E-state index contributed by atoms with van der Waals surface area (Å²) in [5, 5.41) is 37.2. The van der Waals surface area contributed by atoms with Gasteiger partial charge < -0.3 is 24.8 Å². The number of ketones is 1. The van der Waals surface area contributed by atoms with Crippen LogP contribution in [0.2, 0.25) is 0 Å². The van der Waals surface area contributed by atoms with Gasteiger partial charge in [0.2, 0.25) is 0 Å². The molecule has 3 aliphatic rings. The van der Waals surface area contributed by atoms with Gasteiger partial charge in [0.25, 0.3) is 0 Å². The smallest absolute Gasteiger partial charge is 0.168 e. The fraction of sp³-hybridized carbons (Fsp3) is 0.452. The Balaban J connectivity index is 1.61. The topological polar surface area (TPSA) is 108 Å². The fourth-order valence-corrected chi connectivity index (χ4v) is 8.91. The summed E-state index contributed by atoms with van der Waals surface area (Å²) in [5.74, 6) is 1.44. The van der Waals surface area contributed by atoms with Crippen LogP contribution in [0.1, 0.15) is 43.2 Å². The maximum Gasteiger partial charge on any atom is 0.168 e. The SMILES string of the molecule is CNCOC1CC(=O)CCc2ccc(O)c(OC)c2-c2ccc3ccc(O)cc3c2CSSC2CCC1CC2O.